The number of nitrogens with zero attached hydrogens (tertiary/aromatic N) is 2. The van der Waals surface area contributed by atoms with Gasteiger partial charge in [-0.1, -0.05) is 12.8 Å². The lowest BCUT2D eigenvalue weighted by molar-refractivity contribution is 0.100. The fourth-order valence-electron chi connectivity index (χ4n) is 2.84. The van der Waals surface area contributed by atoms with Gasteiger partial charge in [-0.25, -0.2) is 0 Å². The van der Waals surface area contributed by atoms with Gasteiger partial charge in [0, 0.05) is 0 Å². The first kappa shape index (κ1) is 14.8. The molecular formula is C15H18N4O2S. The first-order valence-electron chi connectivity index (χ1n) is 7.31. The van der Waals surface area contributed by atoms with Crippen molar-refractivity contribution < 1.29 is 9.59 Å². The molecule has 0 spiro atoms. The van der Waals surface area contributed by atoms with Crippen molar-refractivity contribution >= 4 is 28.8 Å². The summed E-state index contributed by atoms with van der Waals surface area (Å²) in [6.45, 7) is 1.96. The Balaban J connectivity index is 1.74. The van der Waals surface area contributed by atoms with E-state index in [-0.39, 0.29) is 5.91 Å². The van der Waals surface area contributed by atoms with Gasteiger partial charge in [-0.05, 0) is 31.9 Å². The molecule has 0 aliphatic heterocycles. The van der Waals surface area contributed by atoms with Crippen molar-refractivity contribution in [2.24, 2.45) is 5.73 Å². The Bertz CT molecular complexity index is 713. The highest BCUT2D eigenvalue weighted by Crippen LogP contribution is 2.31. The highest BCUT2D eigenvalue weighted by Gasteiger charge is 2.21. The molecule has 1 saturated carbocycles. The zero-order chi connectivity index (χ0) is 15.7. The van der Waals surface area contributed by atoms with Crippen LogP contribution in [0.2, 0.25) is 0 Å². The Morgan fingerprint density at radius 3 is 2.64 bits per heavy atom. The van der Waals surface area contributed by atoms with Crippen LogP contribution in [0, 0.1) is 6.92 Å². The topological polar surface area (TPSA) is 90.0 Å². The fraction of sp³-hybridized carbons (Fsp3) is 0.400. The zero-order valence-electron chi connectivity index (χ0n) is 12.3. The van der Waals surface area contributed by atoms with Crippen LogP contribution in [0.15, 0.2) is 18.3 Å². The summed E-state index contributed by atoms with van der Waals surface area (Å²) in [4.78, 5) is 24.2. The number of amides is 2. The van der Waals surface area contributed by atoms with E-state index in [1.165, 1.54) is 12.8 Å². The number of anilines is 1. The summed E-state index contributed by atoms with van der Waals surface area (Å²) in [5.74, 6) is -0.763. The number of hydrogen-bond acceptors (Lipinski definition) is 4. The molecule has 0 bridgehead atoms. The lowest BCUT2D eigenvalue weighted by Gasteiger charge is -2.12. The third-order valence-corrected chi connectivity index (χ3v) is 5.13. The van der Waals surface area contributed by atoms with E-state index in [4.69, 9.17) is 5.73 Å². The Labute approximate surface area is 132 Å². The van der Waals surface area contributed by atoms with Crippen LogP contribution < -0.4 is 11.1 Å². The zero-order valence-corrected chi connectivity index (χ0v) is 13.2. The van der Waals surface area contributed by atoms with Crippen LogP contribution in [0.5, 0.6) is 0 Å². The van der Waals surface area contributed by atoms with E-state index >= 15 is 0 Å². The summed E-state index contributed by atoms with van der Waals surface area (Å²) in [5.41, 5.74) is 6.88. The maximum absolute atomic E-state index is 12.2. The highest BCUT2D eigenvalue weighted by atomic mass is 32.1. The molecule has 7 heteroatoms. The third-order valence-electron chi connectivity index (χ3n) is 4.04. The molecule has 2 aromatic heterocycles. The molecule has 3 N–H and O–H groups in total. The van der Waals surface area contributed by atoms with E-state index in [0.29, 0.717) is 21.5 Å². The molecule has 0 unspecified atom stereocenters. The molecule has 0 atom stereocenters. The van der Waals surface area contributed by atoms with E-state index in [2.05, 4.69) is 10.4 Å². The van der Waals surface area contributed by atoms with E-state index in [1.54, 1.807) is 18.3 Å². The summed E-state index contributed by atoms with van der Waals surface area (Å²) in [6, 6.07) is 3.61. The molecule has 2 heterocycles. The smallest absolute Gasteiger partial charge is 0.265 e. The second kappa shape index (κ2) is 5.92. The van der Waals surface area contributed by atoms with Gasteiger partial charge >= 0.3 is 0 Å². The standard InChI is InChI=1S/C15H18N4O2S/c1-9-11(8-17-19(9)10-4-2-3-5-10)18-15(21)13-7-6-12(22-13)14(16)20/h6-8,10H,2-5H2,1H3,(H2,16,20)(H,18,21). The van der Waals surface area contributed by atoms with Gasteiger partial charge in [-0.2, -0.15) is 5.10 Å². The molecule has 6 nitrogen and oxygen atoms in total. The molecule has 0 aromatic carbocycles. The van der Waals surface area contributed by atoms with Gasteiger partial charge < -0.3 is 11.1 Å². The second-order valence-electron chi connectivity index (χ2n) is 5.51. The number of rotatable bonds is 4. The van der Waals surface area contributed by atoms with Crippen LogP contribution in [0.1, 0.15) is 56.8 Å². The third kappa shape index (κ3) is 2.76. The Morgan fingerprint density at radius 2 is 2.00 bits per heavy atom. The molecule has 3 rings (SSSR count). The van der Waals surface area contributed by atoms with Gasteiger partial charge in [0.2, 0.25) is 0 Å². The summed E-state index contributed by atoms with van der Waals surface area (Å²) >= 11 is 1.09. The first-order valence-corrected chi connectivity index (χ1v) is 8.13. The molecule has 1 aliphatic carbocycles. The van der Waals surface area contributed by atoms with Gasteiger partial charge in [-0.3, -0.25) is 14.3 Å². The predicted molar refractivity (Wildman–Crippen MR) is 85.3 cm³/mol. The van der Waals surface area contributed by atoms with E-state index in [9.17, 15) is 9.59 Å². The van der Waals surface area contributed by atoms with E-state index < -0.39 is 5.91 Å². The lowest BCUT2D eigenvalue weighted by atomic mass is 10.2. The van der Waals surface area contributed by atoms with E-state index in [0.717, 1.165) is 29.9 Å². The van der Waals surface area contributed by atoms with Crippen LogP contribution in [-0.2, 0) is 0 Å². The number of nitrogens with two attached hydrogens (primary N) is 1. The second-order valence-corrected chi connectivity index (χ2v) is 6.59. The van der Waals surface area contributed by atoms with Gasteiger partial charge in [0.1, 0.15) is 0 Å². The van der Waals surface area contributed by atoms with Gasteiger partial charge in [0.25, 0.3) is 11.8 Å². The number of nitrogens with one attached hydrogen (secondary N) is 1. The number of carbonyl (C=O) groups excluding carboxylic acids is 2. The molecule has 22 heavy (non-hydrogen) atoms. The molecule has 2 aromatic rings. The monoisotopic (exact) mass is 318 g/mol. The highest BCUT2D eigenvalue weighted by molar-refractivity contribution is 7.16. The van der Waals surface area contributed by atoms with Crippen molar-refractivity contribution in [2.45, 2.75) is 38.6 Å². The predicted octanol–water partition coefficient (Wildman–Crippen LogP) is 2.72. The minimum Gasteiger partial charge on any atom is -0.365 e. The van der Waals surface area contributed by atoms with Crippen LogP contribution in [-0.4, -0.2) is 21.6 Å². The molecule has 116 valence electrons. The van der Waals surface area contributed by atoms with Crippen molar-refractivity contribution in [1.29, 1.82) is 0 Å². The maximum Gasteiger partial charge on any atom is 0.265 e. The number of aromatic nitrogens is 2. The van der Waals surface area contributed by atoms with Gasteiger partial charge in [-0.15, -0.1) is 11.3 Å². The molecule has 0 radical (unpaired) electrons. The van der Waals surface area contributed by atoms with Gasteiger partial charge in [0.05, 0.1) is 33.4 Å². The lowest BCUT2D eigenvalue weighted by Crippen LogP contribution is -2.12. The minimum atomic E-state index is -0.519. The van der Waals surface area contributed by atoms with Crippen LogP contribution in [0.4, 0.5) is 5.69 Å². The van der Waals surface area contributed by atoms with Crippen LogP contribution in [0.25, 0.3) is 0 Å². The normalized spacial score (nSPS) is 15.1. The van der Waals surface area contributed by atoms with Crippen molar-refractivity contribution in [1.82, 2.24) is 9.78 Å². The number of hydrogen-bond donors (Lipinski definition) is 2. The maximum atomic E-state index is 12.2. The summed E-state index contributed by atoms with van der Waals surface area (Å²) in [5, 5.41) is 7.27. The molecule has 1 aliphatic rings. The number of primary amides is 1. The summed E-state index contributed by atoms with van der Waals surface area (Å²) in [7, 11) is 0. The SMILES string of the molecule is Cc1c(NC(=O)c2ccc(C(N)=O)s2)cnn1C1CCCC1. The quantitative estimate of drug-likeness (QED) is 0.908. The molecular weight excluding hydrogens is 300 g/mol. The Morgan fingerprint density at radius 1 is 1.32 bits per heavy atom. The van der Waals surface area contributed by atoms with Crippen LogP contribution in [0.3, 0.4) is 0 Å². The molecule has 0 saturated heterocycles. The average Bonchev–Trinajstić information content (AvgIpc) is 3.19. The summed E-state index contributed by atoms with van der Waals surface area (Å²) < 4.78 is 2.01. The van der Waals surface area contributed by atoms with Crippen molar-refractivity contribution in [3.8, 4) is 0 Å². The largest absolute Gasteiger partial charge is 0.365 e. The number of carbonyl (C=O) groups is 2. The van der Waals surface area contributed by atoms with Crippen molar-refractivity contribution in [3.63, 3.8) is 0 Å². The van der Waals surface area contributed by atoms with Crippen LogP contribution >= 0.6 is 11.3 Å². The molecule has 2 amide bonds. The number of thiophene rings is 1. The van der Waals surface area contributed by atoms with Crippen molar-refractivity contribution in [2.75, 3.05) is 5.32 Å². The molecule has 1 fully saturated rings. The first-order chi connectivity index (χ1) is 10.6. The van der Waals surface area contributed by atoms with Gasteiger partial charge in [0.15, 0.2) is 0 Å². The summed E-state index contributed by atoms with van der Waals surface area (Å²) in [6.07, 6.45) is 6.44. The average molecular weight is 318 g/mol. The van der Waals surface area contributed by atoms with E-state index in [1.807, 2.05) is 11.6 Å². The Hall–Kier alpha value is -2.15. The Kier molecular flexibility index (Phi) is 3.98. The van der Waals surface area contributed by atoms with Crippen molar-refractivity contribution in [3.05, 3.63) is 33.8 Å². The fourth-order valence-corrected chi connectivity index (χ4v) is 3.59. The minimum absolute atomic E-state index is 0.244.